The molecule has 1 aromatic rings. The summed E-state index contributed by atoms with van der Waals surface area (Å²) in [5, 5.41) is 7.08. The molecular formula is C13H22N2S. The van der Waals surface area contributed by atoms with Gasteiger partial charge in [0.2, 0.25) is 0 Å². The van der Waals surface area contributed by atoms with Crippen LogP contribution in [-0.4, -0.2) is 17.6 Å². The van der Waals surface area contributed by atoms with E-state index in [4.69, 9.17) is 0 Å². The first-order valence-electron chi connectivity index (χ1n) is 6.38. The molecule has 0 amide bonds. The van der Waals surface area contributed by atoms with Crippen molar-refractivity contribution in [2.45, 2.75) is 52.0 Å². The highest BCUT2D eigenvalue weighted by atomic mass is 32.1. The zero-order valence-electron chi connectivity index (χ0n) is 10.3. The van der Waals surface area contributed by atoms with E-state index < -0.39 is 0 Å². The highest BCUT2D eigenvalue weighted by molar-refractivity contribution is 7.09. The fraction of sp³-hybridized carbons (Fsp3) is 0.769. The first-order valence-corrected chi connectivity index (χ1v) is 7.26. The van der Waals surface area contributed by atoms with Gasteiger partial charge in [-0.2, -0.15) is 0 Å². The van der Waals surface area contributed by atoms with Crippen LogP contribution in [0.5, 0.6) is 0 Å². The van der Waals surface area contributed by atoms with Crippen LogP contribution in [-0.2, 0) is 6.42 Å². The first kappa shape index (κ1) is 12.1. The standard InChI is InChI=1S/C13H22N2S/c1-10-3-5-12(6-4-10)14-8-7-13-15-11(2)9-16-13/h9-10,12,14H,3-8H2,1-2H3. The lowest BCUT2D eigenvalue weighted by atomic mass is 9.87. The summed E-state index contributed by atoms with van der Waals surface area (Å²) >= 11 is 1.79. The largest absolute Gasteiger partial charge is 0.314 e. The number of thiazole rings is 1. The minimum Gasteiger partial charge on any atom is -0.314 e. The van der Waals surface area contributed by atoms with E-state index in [1.54, 1.807) is 11.3 Å². The number of aryl methyl sites for hydroxylation is 1. The van der Waals surface area contributed by atoms with Gasteiger partial charge in [0, 0.05) is 30.1 Å². The van der Waals surface area contributed by atoms with Crippen LogP contribution >= 0.6 is 11.3 Å². The molecule has 0 spiro atoms. The second-order valence-electron chi connectivity index (χ2n) is 5.04. The van der Waals surface area contributed by atoms with Crippen LogP contribution in [0.25, 0.3) is 0 Å². The second kappa shape index (κ2) is 5.78. The maximum absolute atomic E-state index is 4.48. The van der Waals surface area contributed by atoms with Crippen LogP contribution in [0, 0.1) is 12.8 Å². The Morgan fingerprint density at radius 3 is 2.75 bits per heavy atom. The van der Waals surface area contributed by atoms with Crippen molar-refractivity contribution in [3.63, 3.8) is 0 Å². The van der Waals surface area contributed by atoms with Crippen molar-refractivity contribution in [1.29, 1.82) is 0 Å². The summed E-state index contributed by atoms with van der Waals surface area (Å²) in [4.78, 5) is 4.48. The minimum atomic E-state index is 0.761. The molecule has 1 heterocycles. The lowest BCUT2D eigenvalue weighted by Gasteiger charge is -2.26. The van der Waals surface area contributed by atoms with Crippen LogP contribution in [0.4, 0.5) is 0 Å². The number of hydrogen-bond acceptors (Lipinski definition) is 3. The summed E-state index contributed by atoms with van der Waals surface area (Å²) in [5.41, 5.74) is 1.16. The number of hydrogen-bond donors (Lipinski definition) is 1. The minimum absolute atomic E-state index is 0.761. The van der Waals surface area contributed by atoms with E-state index in [9.17, 15) is 0 Å². The molecule has 0 aliphatic heterocycles. The Labute approximate surface area is 102 Å². The van der Waals surface area contributed by atoms with Crippen molar-refractivity contribution < 1.29 is 0 Å². The molecule has 16 heavy (non-hydrogen) atoms. The van der Waals surface area contributed by atoms with E-state index in [2.05, 4.69) is 29.5 Å². The summed E-state index contributed by atoms with van der Waals surface area (Å²) in [6.07, 6.45) is 6.60. The molecule has 0 bridgehead atoms. The van der Waals surface area contributed by atoms with Crippen LogP contribution in [0.1, 0.15) is 43.3 Å². The Hall–Kier alpha value is -0.410. The fourth-order valence-electron chi connectivity index (χ4n) is 2.36. The van der Waals surface area contributed by atoms with Crippen LogP contribution in [0.3, 0.4) is 0 Å². The average Bonchev–Trinajstić information content (AvgIpc) is 2.67. The number of nitrogens with one attached hydrogen (secondary N) is 1. The Balaban J connectivity index is 1.64. The average molecular weight is 238 g/mol. The zero-order valence-corrected chi connectivity index (χ0v) is 11.1. The Morgan fingerprint density at radius 1 is 1.38 bits per heavy atom. The van der Waals surface area contributed by atoms with Gasteiger partial charge in [0.1, 0.15) is 0 Å². The van der Waals surface area contributed by atoms with Gasteiger partial charge in [-0.25, -0.2) is 4.98 Å². The zero-order chi connectivity index (χ0) is 11.4. The molecule has 1 aliphatic carbocycles. The van der Waals surface area contributed by atoms with E-state index in [0.29, 0.717) is 0 Å². The third-order valence-electron chi connectivity index (χ3n) is 3.45. The molecular weight excluding hydrogens is 216 g/mol. The fourth-order valence-corrected chi connectivity index (χ4v) is 3.14. The number of nitrogens with zero attached hydrogens (tertiary/aromatic N) is 1. The third kappa shape index (κ3) is 3.56. The summed E-state index contributed by atoms with van der Waals surface area (Å²) in [6, 6.07) is 0.761. The van der Waals surface area contributed by atoms with Gasteiger partial charge < -0.3 is 5.32 Å². The van der Waals surface area contributed by atoms with E-state index in [-0.39, 0.29) is 0 Å². The van der Waals surface area contributed by atoms with E-state index in [1.165, 1.54) is 30.7 Å². The molecule has 3 heteroatoms. The molecule has 2 rings (SSSR count). The lowest BCUT2D eigenvalue weighted by molar-refractivity contribution is 0.309. The molecule has 1 aliphatic rings. The van der Waals surface area contributed by atoms with Gasteiger partial charge >= 0.3 is 0 Å². The predicted octanol–water partition coefficient (Wildman–Crippen LogP) is 3.16. The quantitative estimate of drug-likeness (QED) is 0.871. The lowest BCUT2D eigenvalue weighted by Crippen LogP contribution is -2.34. The second-order valence-corrected chi connectivity index (χ2v) is 5.99. The van der Waals surface area contributed by atoms with Crippen molar-refractivity contribution in [3.8, 4) is 0 Å². The predicted molar refractivity (Wildman–Crippen MR) is 70.0 cm³/mol. The Kier molecular flexibility index (Phi) is 4.36. The van der Waals surface area contributed by atoms with Gasteiger partial charge in [-0.1, -0.05) is 6.92 Å². The van der Waals surface area contributed by atoms with E-state index >= 15 is 0 Å². The van der Waals surface area contributed by atoms with Gasteiger partial charge in [-0.05, 0) is 38.5 Å². The molecule has 1 saturated carbocycles. The number of rotatable bonds is 4. The van der Waals surface area contributed by atoms with Gasteiger partial charge in [0.15, 0.2) is 0 Å². The van der Waals surface area contributed by atoms with Gasteiger partial charge in [-0.3, -0.25) is 0 Å². The topological polar surface area (TPSA) is 24.9 Å². The highest BCUT2D eigenvalue weighted by Crippen LogP contribution is 2.23. The van der Waals surface area contributed by atoms with Crippen LogP contribution in [0.15, 0.2) is 5.38 Å². The van der Waals surface area contributed by atoms with Crippen molar-refractivity contribution >= 4 is 11.3 Å². The third-order valence-corrected chi connectivity index (χ3v) is 4.48. The molecule has 1 aromatic heterocycles. The summed E-state index contributed by atoms with van der Waals surface area (Å²) in [7, 11) is 0. The van der Waals surface area contributed by atoms with Crippen molar-refractivity contribution in [2.75, 3.05) is 6.54 Å². The summed E-state index contributed by atoms with van der Waals surface area (Å²) in [5.74, 6) is 0.944. The molecule has 0 radical (unpaired) electrons. The number of aromatic nitrogens is 1. The molecule has 1 N–H and O–H groups in total. The van der Waals surface area contributed by atoms with Gasteiger partial charge in [-0.15, -0.1) is 11.3 Å². The SMILES string of the molecule is Cc1csc(CCNC2CCC(C)CC2)n1. The summed E-state index contributed by atoms with van der Waals surface area (Å²) < 4.78 is 0. The monoisotopic (exact) mass is 238 g/mol. The summed E-state index contributed by atoms with van der Waals surface area (Å²) in [6.45, 7) is 5.52. The molecule has 0 aromatic carbocycles. The highest BCUT2D eigenvalue weighted by Gasteiger charge is 2.17. The normalized spacial score (nSPS) is 25.9. The Bertz CT molecular complexity index is 313. The molecule has 1 fully saturated rings. The molecule has 2 nitrogen and oxygen atoms in total. The van der Waals surface area contributed by atoms with Crippen LogP contribution in [0.2, 0.25) is 0 Å². The van der Waals surface area contributed by atoms with Crippen molar-refractivity contribution in [3.05, 3.63) is 16.1 Å². The molecule has 90 valence electrons. The van der Waals surface area contributed by atoms with Crippen molar-refractivity contribution in [2.24, 2.45) is 5.92 Å². The van der Waals surface area contributed by atoms with E-state index in [0.717, 1.165) is 30.6 Å². The van der Waals surface area contributed by atoms with Gasteiger partial charge in [0.25, 0.3) is 0 Å². The van der Waals surface area contributed by atoms with Crippen molar-refractivity contribution in [1.82, 2.24) is 10.3 Å². The molecule has 0 unspecified atom stereocenters. The first-order chi connectivity index (χ1) is 7.74. The van der Waals surface area contributed by atoms with Gasteiger partial charge in [0.05, 0.1) is 5.01 Å². The molecule has 0 atom stereocenters. The smallest absolute Gasteiger partial charge is 0.0940 e. The maximum Gasteiger partial charge on any atom is 0.0940 e. The Morgan fingerprint density at radius 2 is 2.12 bits per heavy atom. The molecule has 0 saturated heterocycles. The van der Waals surface area contributed by atoms with Crippen LogP contribution < -0.4 is 5.32 Å². The maximum atomic E-state index is 4.48. The van der Waals surface area contributed by atoms with E-state index in [1.807, 2.05) is 0 Å².